The van der Waals surface area contributed by atoms with Gasteiger partial charge in [-0.25, -0.2) is 0 Å². The van der Waals surface area contributed by atoms with Crippen molar-refractivity contribution in [3.63, 3.8) is 0 Å². The number of rotatable bonds is 6. The zero-order valence-corrected chi connectivity index (χ0v) is 22.9. The van der Waals surface area contributed by atoms with Crippen molar-refractivity contribution in [2.45, 2.75) is 31.8 Å². The molecular formula is C32H28N2O5S. The van der Waals surface area contributed by atoms with Gasteiger partial charge in [0, 0.05) is 21.9 Å². The third-order valence-corrected chi connectivity index (χ3v) is 8.99. The van der Waals surface area contributed by atoms with Crippen molar-refractivity contribution in [3.8, 4) is 11.5 Å². The van der Waals surface area contributed by atoms with Crippen molar-refractivity contribution in [1.82, 2.24) is 4.90 Å². The summed E-state index contributed by atoms with van der Waals surface area (Å²) in [7, 11) is 0. The molecule has 3 heterocycles. The van der Waals surface area contributed by atoms with E-state index in [1.807, 2.05) is 55.6 Å². The molecule has 1 aromatic heterocycles. The standard InChI is InChI=1S/C32H28N2O5S/c1-18-8-6-7-11-22(18)29(35)25-26(30-19(2)14-15-40-30)28(31(33)36)34(32(37)20-9-4-3-5-10-20)27(25)21-12-13-23-24(16-21)39-17-38-23/h3-16,25-28H,17H2,1-2H3,(H2,33,36). The number of ketones is 1. The summed E-state index contributed by atoms with van der Waals surface area (Å²) in [4.78, 5) is 44.7. The van der Waals surface area contributed by atoms with Crippen LogP contribution >= 0.6 is 11.3 Å². The van der Waals surface area contributed by atoms with Gasteiger partial charge in [-0.2, -0.15) is 0 Å². The van der Waals surface area contributed by atoms with Crippen LogP contribution in [0.25, 0.3) is 0 Å². The average Bonchev–Trinajstić information content (AvgIpc) is 3.69. The number of amides is 2. The lowest BCUT2D eigenvalue weighted by molar-refractivity contribution is -0.122. The number of nitrogens with two attached hydrogens (primary N) is 1. The number of aryl methyl sites for hydroxylation is 2. The first-order valence-corrected chi connectivity index (χ1v) is 13.9. The first kappa shape index (κ1) is 25.8. The van der Waals surface area contributed by atoms with Crippen LogP contribution in [0.4, 0.5) is 0 Å². The summed E-state index contributed by atoms with van der Waals surface area (Å²) in [6.45, 7) is 3.93. The first-order chi connectivity index (χ1) is 19.4. The molecule has 7 nitrogen and oxygen atoms in total. The minimum absolute atomic E-state index is 0.0859. The lowest BCUT2D eigenvalue weighted by atomic mass is 9.77. The third kappa shape index (κ3) is 4.25. The van der Waals surface area contributed by atoms with Gasteiger partial charge in [0.25, 0.3) is 5.91 Å². The molecule has 3 aromatic carbocycles. The van der Waals surface area contributed by atoms with Crippen LogP contribution < -0.4 is 15.2 Å². The van der Waals surface area contributed by atoms with Gasteiger partial charge in [-0.15, -0.1) is 11.3 Å². The largest absolute Gasteiger partial charge is 0.454 e. The molecular weight excluding hydrogens is 524 g/mol. The lowest BCUT2D eigenvalue weighted by Crippen LogP contribution is -2.46. The van der Waals surface area contributed by atoms with E-state index in [-0.39, 0.29) is 18.5 Å². The number of likely N-dealkylation sites (tertiary alicyclic amines) is 1. The maximum absolute atomic E-state index is 14.6. The highest BCUT2D eigenvalue weighted by molar-refractivity contribution is 7.10. The molecule has 2 aliphatic rings. The Morgan fingerprint density at radius 2 is 1.60 bits per heavy atom. The third-order valence-electron chi connectivity index (χ3n) is 7.87. The summed E-state index contributed by atoms with van der Waals surface area (Å²) in [5.74, 6) is -1.50. The van der Waals surface area contributed by atoms with Crippen LogP contribution in [0.5, 0.6) is 11.5 Å². The highest BCUT2D eigenvalue weighted by atomic mass is 32.1. The van der Waals surface area contributed by atoms with Gasteiger partial charge < -0.3 is 20.1 Å². The number of thiophene rings is 1. The molecule has 4 atom stereocenters. The molecule has 1 saturated heterocycles. The molecule has 4 aromatic rings. The molecule has 40 heavy (non-hydrogen) atoms. The molecule has 2 amide bonds. The molecule has 4 unspecified atom stereocenters. The number of nitrogens with zero attached hydrogens (tertiary/aromatic N) is 1. The number of carbonyl (C=O) groups is 3. The van der Waals surface area contributed by atoms with E-state index in [0.717, 1.165) is 16.0 Å². The quantitative estimate of drug-likeness (QED) is 0.322. The number of primary amides is 1. The fraction of sp³-hybridized carbons (Fsp3) is 0.219. The maximum Gasteiger partial charge on any atom is 0.255 e. The topological polar surface area (TPSA) is 98.9 Å². The molecule has 2 N–H and O–H groups in total. The number of benzene rings is 3. The zero-order valence-electron chi connectivity index (χ0n) is 22.1. The van der Waals surface area contributed by atoms with Gasteiger partial charge in [-0.05, 0) is 66.2 Å². The Morgan fingerprint density at radius 3 is 2.30 bits per heavy atom. The zero-order chi connectivity index (χ0) is 28.0. The Kier molecular flexibility index (Phi) is 6.64. The summed E-state index contributed by atoms with van der Waals surface area (Å²) in [5, 5.41) is 1.94. The van der Waals surface area contributed by atoms with E-state index in [0.29, 0.717) is 28.2 Å². The SMILES string of the molecule is Cc1ccccc1C(=O)C1C(c2sccc2C)C(C(N)=O)N(C(=O)c2ccccc2)C1c1ccc2c(c1)OCO2. The molecule has 0 aliphatic carbocycles. The molecule has 6 rings (SSSR count). The fourth-order valence-electron chi connectivity index (χ4n) is 6.04. The highest BCUT2D eigenvalue weighted by Gasteiger charge is 2.58. The molecule has 2 aliphatic heterocycles. The Bertz CT molecular complexity index is 1610. The number of ether oxygens (including phenoxy) is 2. The normalized spacial score (nSPS) is 21.4. The van der Waals surface area contributed by atoms with Crippen molar-refractivity contribution >= 4 is 28.9 Å². The van der Waals surface area contributed by atoms with E-state index in [4.69, 9.17) is 15.2 Å². The number of fused-ring (bicyclic) bond motifs is 1. The number of hydrogen-bond acceptors (Lipinski definition) is 6. The highest BCUT2D eigenvalue weighted by Crippen LogP contribution is 2.54. The van der Waals surface area contributed by atoms with Crippen LogP contribution in [-0.2, 0) is 4.79 Å². The second kappa shape index (κ2) is 10.3. The van der Waals surface area contributed by atoms with Crippen LogP contribution in [-0.4, -0.2) is 35.3 Å². The van der Waals surface area contributed by atoms with E-state index >= 15 is 0 Å². The summed E-state index contributed by atoms with van der Waals surface area (Å²) >= 11 is 1.47. The Balaban J connectivity index is 1.62. The molecule has 0 saturated carbocycles. The summed E-state index contributed by atoms with van der Waals surface area (Å²) < 4.78 is 11.2. The van der Waals surface area contributed by atoms with Crippen LogP contribution in [0, 0.1) is 19.8 Å². The summed E-state index contributed by atoms with van der Waals surface area (Å²) in [6, 6.07) is 21.7. The number of carbonyl (C=O) groups excluding carboxylic acids is 3. The Morgan fingerprint density at radius 1 is 0.875 bits per heavy atom. The van der Waals surface area contributed by atoms with Crippen LogP contribution in [0.1, 0.15) is 54.2 Å². The predicted octanol–water partition coefficient (Wildman–Crippen LogP) is 5.43. The van der Waals surface area contributed by atoms with Gasteiger partial charge >= 0.3 is 0 Å². The molecule has 0 radical (unpaired) electrons. The molecule has 8 heteroatoms. The van der Waals surface area contributed by atoms with Crippen molar-refractivity contribution in [2.75, 3.05) is 6.79 Å². The van der Waals surface area contributed by atoms with Gasteiger partial charge in [0.05, 0.1) is 12.0 Å². The van der Waals surface area contributed by atoms with Crippen molar-refractivity contribution in [2.24, 2.45) is 11.7 Å². The van der Waals surface area contributed by atoms with E-state index in [1.165, 1.54) is 16.2 Å². The van der Waals surface area contributed by atoms with Gasteiger partial charge in [0.1, 0.15) is 6.04 Å². The van der Waals surface area contributed by atoms with Crippen molar-refractivity contribution < 1.29 is 23.9 Å². The molecule has 202 valence electrons. The van der Waals surface area contributed by atoms with E-state index in [1.54, 1.807) is 42.5 Å². The van der Waals surface area contributed by atoms with Crippen LogP contribution in [0.2, 0.25) is 0 Å². The van der Waals surface area contributed by atoms with E-state index < -0.39 is 29.8 Å². The van der Waals surface area contributed by atoms with Crippen molar-refractivity contribution in [3.05, 3.63) is 117 Å². The Hall–Kier alpha value is -4.43. The maximum atomic E-state index is 14.6. The number of Topliss-reactive ketones (excluding diaryl/α,β-unsaturated/α-hetero) is 1. The predicted molar refractivity (Wildman–Crippen MR) is 152 cm³/mol. The smallest absolute Gasteiger partial charge is 0.255 e. The monoisotopic (exact) mass is 552 g/mol. The van der Waals surface area contributed by atoms with Crippen LogP contribution in [0.3, 0.4) is 0 Å². The van der Waals surface area contributed by atoms with Gasteiger partial charge in [-0.1, -0.05) is 48.5 Å². The second-order valence-electron chi connectivity index (χ2n) is 10.2. The molecule has 0 spiro atoms. The summed E-state index contributed by atoms with van der Waals surface area (Å²) in [6.07, 6.45) is 0. The van der Waals surface area contributed by atoms with Gasteiger partial charge in [0.2, 0.25) is 12.7 Å². The second-order valence-corrected chi connectivity index (χ2v) is 11.1. The van der Waals surface area contributed by atoms with Crippen LogP contribution in [0.15, 0.2) is 84.2 Å². The summed E-state index contributed by atoms with van der Waals surface area (Å²) in [5.41, 5.74) is 9.52. The number of hydrogen-bond donors (Lipinski definition) is 1. The minimum atomic E-state index is -1.06. The minimum Gasteiger partial charge on any atom is -0.454 e. The van der Waals surface area contributed by atoms with Crippen molar-refractivity contribution in [1.29, 1.82) is 0 Å². The van der Waals surface area contributed by atoms with Gasteiger partial charge in [0.15, 0.2) is 17.3 Å². The lowest BCUT2D eigenvalue weighted by Gasteiger charge is -2.31. The van der Waals surface area contributed by atoms with Gasteiger partial charge in [-0.3, -0.25) is 14.4 Å². The Labute approximate surface area is 236 Å². The fourth-order valence-corrected chi connectivity index (χ4v) is 7.15. The van der Waals surface area contributed by atoms with E-state index in [2.05, 4.69) is 0 Å². The van der Waals surface area contributed by atoms with E-state index in [9.17, 15) is 14.4 Å². The average molecular weight is 553 g/mol. The molecule has 1 fully saturated rings. The first-order valence-electron chi connectivity index (χ1n) is 13.1. The molecule has 0 bridgehead atoms.